The number of allylic oxidation sites excluding steroid dienone is 4. The summed E-state index contributed by atoms with van der Waals surface area (Å²) >= 11 is 0. The third-order valence-electron chi connectivity index (χ3n) is 13.6. The van der Waals surface area contributed by atoms with Crippen LogP contribution in [0.1, 0.15) is 40.7 Å². The predicted octanol–water partition coefficient (Wildman–Crippen LogP) is 16.7. The Morgan fingerprint density at radius 3 is 1.80 bits per heavy atom. The molecule has 2 aliphatic rings. The molecule has 0 bridgehead atoms. The van der Waals surface area contributed by atoms with Crippen LogP contribution in [0, 0.1) is 0 Å². The molecule has 9 aromatic carbocycles. The first-order valence-corrected chi connectivity index (χ1v) is 22.2. The van der Waals surface area contributed by atoms with E-state index >= 15 is 0 Å². The highest BCUT2D eigenvalue weighted by atomic mass is 16.3. The zero-order chi connectivity index (χ0) is 42.2. The number of benzene rings is 9. The maximum absolute atomic E-state index is 6.86. The van der Waals surface area contributed by atoms with Gasteiger partial charge in [0.05, 0.1) is 5.41 Å². The van der Waals surface area contributed by atoms with E-state index in [1.54, 1.807) is 0 Å². The summed E-state index contributed by atoms with van der Waals surface area (Å²) in [5.74, 6) is 0. The lowest BCUT2D eigenvalue weighted by atomic mass is 9.67. The molecule has 13 rings (SSSR count). The van der Waals surface area contributed by atoms with Crippen molar-refractivity contribution in [1.29, 1.82) is 0 Å². The second kappa shape index (κ2) is 14.5. The van der Waals surface area contributed by atoms with Crippen LogP contribution in [0.4, 0.5) is 17.1 Å². The highest BCUT2D eigenvalue weighted by Gasteiger charge is 2.47. The molecule has 2 heterocycles. The lowest BCUT2D eigenvalue weighted by Crippen LogP contribution is -2.28. The summed E-state index contributed by atoms with van der Waals surface area (Å²) in [5.41, 5.74) is 18.4. The molecule has 0 radical (unpaired) electrons. The van der Waals surface area contributed by atoms with Crippen molar-refractivity contribution in [2.24, 2.45) is 0 Å². The van der Waals surface area contributed by atoms with E-state index in [-0.39, 0.29) is 0 Å². The second-order valence-electron chi connectivity index (χ2n) is 17.1. The van der Waals surface area contributed by atoms with Crippen LogP contribution in [-0.2, 0) is 5.41 Å². The van der Waals surface area contributed by atoms with Crippen molar-refractivity contribution < 1.29 is 8.83 Å². The van der Waals surface area contributed by atoms with Gasteiger partial charge < -0.3 is 13.7 Å². The number of furan rings is 2. The van der Waals surface area contributed by atoms with E-state index in [9.17, 15) is 0 Å². The molecule has 3 heteroatoms. The highest BCUT2D eigenvalue weighted by molar-refractivity contribution is 6.08. The minimum atomic E-state index is -0.626. The Kier molecular flexibility index (Phi) is 8.26. The SMILES string of the molecule is C1=CCCC(c2ccc(N(c3ccc(-c4ccc5c(c4)C(c4ccccc4)(c4cccc6c4oc4ccccc46)c4ccccc4-5)cc3)c3ccc4c(c3)oc3ccccc34)cc2)=C1. The Morgan fingerprint density at radius 2 is 1.02 bits per heavy atom. The molecule has 64 heavy (non-hydrogen) atoms. The van der Waals surface area contributed by atoms with Gasteiger partial charge in [0.15, 0.2) is 0 Å². The Hall–Kier alpha value is -8.14. The fraction of sp³-hybridized carbons (Fsp3) is 0.0492. The number of hydrogen-bond acceptors (Lipinski definition) is 3. The van der Waals surface area contributed by atoms with Gasteiger partial charge in [-0.25, -0.2) is 0 Å². The monoisotopic (exact) mass is 819 g/mol. The molecule has 3 nitrogen and oxygen atoms in total. The summed E-state index contributed by atoms with van der Waals surface area (Å²) in [7, 11) is 0. The van der Waals surface area contributed by atoms with Crippen molar-refractivity contribution in [3.8, 4) is 22.3 Å². The van der Waals surface area contributed by atoms with Crippen molar-refractivity contribution in [2.45, 2.75) is 18.3 Å². The van der Waals surface area contributed by atoms with Crippen LogP contribution >= 0.6 is 0 Å². The maximum atomic E-state index is 6.86. The van der Waals surface area contributed by atoms with E-state index in [0.29, 0.717) is 0 Å². The topological polar surface area (TPSA) is 29.5 Å². The fourth-order valence-electron chi connectivity index (χ4n) is 10.7. The smallest absolute Gasteiger partial charge is 0.140 e. The molecule has 2 aromatic heterocycles. The molecule has 0 amide bonds. The molecule has 0 fully saturated rings. The van der Waals surface area contributed by atoms with E-state index in [0.717, 1.165) is 90.5 Å². The van der Waals surface area contributed by atoms with Crippen LogP contribution in [0.5, 0.6) is 0 Å². The van der Waals surface area contributed by atoms with E-state index in [2.05, 4.69) is 217 Å². The summed E-state index contributed by atoms with van der Waals surface area (Å²) in [6, 6.07) is 74.9. The minimum Gasteiger partial charge on any atom is -0.456 e. The van der Waals surface area contributed by atoms with Crippen molar-refractivity contribution in [3.05, 3.63) is 252 Å². The first-order valence-electron chi connectivity index (χ1n) is 22.2. The lowest BCUT2D eigenvalue weighted by Gasteiger charge is -2.34. The molecule has 0 saturated carbocycles. The number of anilines is 3. The average molecular weight is 820 g/mol. The zero-order valence-electron chi connectivity index (χ0n) is 35.0. The lowest BCUT2D eigenvalue weighted by molar-refractivity contribution is 0.648. The summed E-state index contributed by atoms with van der Waals surface area (Å²) in [4.78, 5) is 2.34. The number of nitrogens with zero attached hydrogens (tertiary/aromatic N) is 1. The predicted molar refractivity (Wildman–Crippen MR) is 265 cm³/mol. The average Bonchev–Trinajstić information content (AvgIpc) is 4.03. The Labute approximate surface area is 371 Å². The molecule has 1 atom stereocenters. The van der Waals surface area contributed by atoms with E-state index < -0.39 is 5.41 Å². The Balaban J connectivity index is 0.961. The molecule has 11 aromatic rings. The quantitative estimate of drug-likeness (QED) is 0.160. The molecule has 2 aliphatic carbocycles. The van der Waals surface area contributed by atoms with Crippen LogP contribution in [0.3, 0.4) is 0 Å². The van der Waals surface area contributed by atoms with E-state index in [1.807, 2.05) is 12.1 Å². The van der Waals surface area contributed by atoms with Crippen LogP contribution < -0.4 is 4.90 Å². The third-order valence-corrected chi connectivity index (χ3v) is 13.6. The van der Waals surface area contributed by atoms with Crippen LogP contribution in [0.15, 0.2) is 233 Å². The van der Waals surface area contributed by atoms with Gasteiger partial charge in [0.2, 0.25) is 0 Å². The normalized spacial score (nSPS) is 15.5. The van der Waals surface area contributed by atoms with Crippen molar-refractivity contribution in [2.75, 3.05) is 4.90 Å². The fourth-order valence-corrected chi connectivity index (χ4v) is 10.7. The van der Waals surface area contributed by atoms with Crippen molar-refractivity contribution >= 4 is 66.5 Å². The maximum Gasteiger partial charge on any atom is 0.140 e. The van der Waals surface area contributed by atoms with E-state index in [4.69, 9.17) is 8.83 Å². The van der Waals surface area contributed by atoms with Crippen molar-refractivity contribution in [1.82, 2.24) is 0 Å². The van der Waals surface area contributed by atoms with Crippen LogP contribution in [-0.4, -0.2) is 0 Å². The summed E-state index contributed by atoms with van der Waals surface area (Å²) in [6.07, 6.45) is 8.78. The molecule has 0 N–H and O–H groups in total. The van der Waals surface area contributed by atoms with Gasteiger partial charge in [-0.15, -0.1) is 0 Å². The largest absolute Gasteiger partial charge is 0.456 e. The van der Waals surface area contributed by atoms with Crippen molar-refractivity contribution in [3.63, 3.8) is 0 Å². The van der Waals surface area contributed by atoms with Gasteiger partial charge in [-0.05, 0) is 118 Å². The van der Waals surface area contributed by atoms with Gasteiger partial charge in [0.25, 0.3) is 0 Å². The number of hydrogen-bond donors (Lipinski definition) is 0. The van der Waals surface area contributed by atoms with Crippen LogP contribution in [0.2, 0.25) is 0 Å². The Bertz CT molecular complexity index is 3660. The third kappa shape index (κ3) is 5.54. The molecule has 302 valence electrons. The van der Waals surface area contributed by atoms with E-state index in [1.165, 1.54) is 39.0 Å². The summed E-state index contributed by atoms with van der Waals surface area (Å²) < 4.78 is 13.3. The van der Waals surface area contributed by atoms with Gasteiger partial charge in [-0.1, -0.05) is 164 Å². The number of fused-ring (bicyclic) bond motifs is 9. The molecule has 0 aliphatic heterocycles. The van der Waals surface area contributed by atoms with Gasteiger partial charge in [0, 0.05) is 50.2 Å². The molecule has 0 spiro atoms. The first-order chi connectivity index (χ1) is 31.7. The highest BCUT2D eigenvalue weighted by Crippen LogP contribution is 2.58. The van der Waals surface area contributed by atoms with Gasteiger partial charge >= 0.3 is 0 Å². The van der Waals surface area contributed by atoms with Gasteiger partial charge in [-0.3, -0.25) is 0 Å². The molecule has 0 saturated heterocycles. The second-order valence-corrected chi connectivity index (χ2v) is 17.1. The number of para-hydroxylation sites is 3. The standard InChI is InChI=1S/C61H41NO2/c1-3-14-40(15-4-1)41-26-31-45(32-27-41)62(47-35-37-52-50-19-8-11-24-57(50)63-59(52)39-47)46-33-28-42(29-34-46)43-30-36-49-48-18-7-10-22-54(48)61(56(49)38-43,44-16-5-2-6-17-44)55-23-13-21-53-51-20-9-12-25-58(51)64-60(53)55/h1-3,5-14,16-39H,4,15H2. The minimum absolute atomic E-state index is 0.626. The molecule has 1 unspecified atom stereocenters. The first kappa shape index (κ1) is 36.5. The molecular weight excluding hydrogens is 779 g/mol. The molecular formula is C61H41NO2. The summed E-state index contributed by atoms with van der Waals surface area (Å²) in [6.45, 7) is 0. The van der Waals surface area contributed by atoms with Gasteiger partial charge in [0.1, 0.15) is 22.3 Å². The number of rotatable bonds is 7. The van der Waals surface area contributed by atoms with Crippen LogP contribution in [0.25, 0.3) is 71.7 Å². The summed E-state index contributed by atoms with van der Waals surface area (Å²) in [5, 5.41) is 4.50. The van der Waals surface area contributed by atoms with Gasteiger partial charge in [-0.2, -0.15) is 0 Å². The zero-order valence-corrected chi connectivity index (χ0v) is 35.0. The Morgan fingerprint density at radius 1 is 0.406 bits per heavy atom.